The smallest absolute Gasteiger partial charge is 0.243 e. The number of likely N-dealkylation sites (N-methyl/N-ethyl adjacent to an activating group) is 2. The Labute approximate surface area is 127 Å². The van der Waals surface area contributed by atoms with Crippen LogP contribution in [0.15, 0.2) is 29.2 Å². The van der Waals surface area contributed by atoms with Crippen LogP contribution in [0.1, 0.15) is 32.8 Å². The van der Waals surface area contributed by atoms with Gasteiger partial charge in [-0.2, -0.15) is 4.31 Å². The lowest BCUT2D eigenvalue weighted by atomic mass is 10.1. The number of amides is 1. The van der Waals surface area contributed by atoms with Crippen LogP contribution in [0.4, 0.5) is 0 Å². The molecule has 0 aliphatic carbocycles. The number of carbonyl (C=O) groups excluding carboxylic acids is 1. The van der Waals surface area contributed by atoms with E-state index in [0.717, 1.165) is 18.4 Å². The van der Waals surface area contributed by atoms with Gasteiger partial charge in [0.2, 0.25) is 15.9 Å². The lowest BCUT2D eigenvalue weighted by Gasteiger charge is -2.20. The lowest BCUT2D eigenvalue weighted by molar-refractivity contribution is -0.121. The average molecular weight is 312 g/mol. The van der Waals surface area contributed by atoms with Gasteiger partial charge < -0.3 is 5.32 Å². The summed E-state index contributed by atoms with van der Waals surface area (Å²) < 4.78 is 26.2. The Balaban J connectivity index is 2.93. The maximum Gasteiger partial charge on any atom is 0.243 e. The second-order valence-electron chi connectivity index (χ2n) is 4.78. The lowest BCUT2D eigenvalue weighted by Crippen LogP contribution is -2.40. The number of hydrogen-bond donors (Lipinski definition) is 1. The molecule has 5 nitrogen and oxygen atoms in total. The fourth-order valence-corrected chi connectivity index (χ4v) is 3.45. The number of hydrogen-bond acceptors (Lipinski definition) is 3. The van der Waals surface area contributed by atoms with Crippen LogP contribution in [0.25, 0.3) is 0 Å². The van der Waals surface area contributed by atoms with E-state index in [9.17, 15) is 13.2 Å². The Morgan fingerprint density at radius 1 is 1.14 bits per heavy atom. The largest absolute Gasteiger partial charge is 0.355 e. The van der Waals surface area contributed by atoms with Gasteiger partial charge in [0.15, 0.2) is 0 Å². The standard InChI is InChI=1S/C15H24N2O3S/c1-4-7-13-8-10-14(11-9-13)21(19,20)17(6-3)12-15(18)16-5-2/h8-11H,4-7,12H2,1-3H3,(H,16,18). The van der Waals surface area contributed by atoms with Crippen LogP contribution in [0.2, 0.25) is 0 Å². The molecule has 0 aliphatic heterocycles. The summed E-state index contributed by atoms with van der Waals surface area (Å²) in [5, 5.41) is 2.61. The first kappa shape index (κ1) is 17.7. The van der Waals surface area contributed by atoms with Gasteiger partial charge in [-0.25, -0.2) is 8.42 Å². The highest BCUT2D eigenvalue weighted by Gasteiger charge is 2.24. The zero-order chi connectivity index (χ0) is 15.9. The van der Waals surface area contributed by atoms with E-state index in [-0.39, 0.29) is 23.9 Å². The van der Waals surface area contributed by atoms with Crippen LogP contribution in [0.5, 0.6) is 0 Å². The van der Waals surface area contributed by atoms with Gasteiger partial charge in [-0.3, -0.25) is 4.79 Å². The molecule has 6 heteroatoms. The van der Waals surface area contributed by atoms with E-state index in [0.29, 0.717) is 6.54 Å². The number of nitrogens with zero attached hydrogens (tertiary/aromatic N) is 1. The minimum absolute atomic E-state index is 0.149. The number of aryl methyl sites for hydroxylation is 1. The topological polar surface area (TPSA) is 66.5 Å². The van der Waals surface area contributed by atoms with Crippen molar-refractivity contribution in [2.24, 2.45) is 0 Å². The highest BCUT2D eigenvalue weighted by Crippen LogP contribution is 2.16. The van der Waals surface area contributed by atoms with E-state index in [4.69, 9.17) is 0 Å². The first-order valence-corrected chi connectivity index (χ1v) is 8.75. The maximum absolute atomic E-state index is 12.5. The van der Waals surface area contributed by atoms with Crippen LogP contribution >= 0.6 is 0 Å². The van der Waals surface area contributed by atoms with Crippen molar-refractivity contribution in [3.8, 4) is 0 Å². The summed E-state index contributed by atoms with van der Waals surface area (Å²) in [5.74, 6) is -0.287. The molecule has 0 fully saturated rings. The number of rotatable bonds is 8. The molecule has 1 rings (SSSR count). The molecule has 1 aromatic rings. The summed E-state index contributed by atoms with van der Waals surface area (Å²) in [4.78, 5) is 11.8. The molecule has 0 saturated heterocycles. The third-order valence-electron chi connectivity index (χ3n) is 3.15. The Bertz CT molecular complexity index is 553. The number of benzene rings is 1. The Kier molecular flexibility index (Phi) is 6.84. The number of nitrogens with one attached hydrogen (secondary N) is 1. The number of carbonyl (C=O) groups is 1. The molecule has 0 unspecified atom stereocenters. The minimum Gasteiger partial charge on any atom is -0.355 e. The van der Waals surface area contributed by atoms with Crippen molar-refractivity contribution in [2.75, 3.05) is 19.6 Å². The highest BCUT2D eigenvalue weighted by atomic mass is 32.2. The van der Waals surface area contributed by atoms with Crippen molar-refractivity contribution in [3.63, 3.8) is 0 Å². The van der Waals surface area contributed by atoms with Crippen molar-refractivity contribution < 1.29 is 13.2 Å². The van der Waals surface area contributed by atoms with Crippen LogP contribution in [-0.2, 0) is 21.2 Å². The van der Waals surface area contributed by atoms with Crippen molar-refractivity contribution in [2.45, 2.75) is 38.5 Å². The normalized spacial score (nSPS) is 11.6. The summed E-state index contributed by atoms with van der Waals surface area (Å²) >= 11 is 0. The average Bonchev–Trinajstić information content (AvgIpc) is 2.46. The monoisotopic (exact) mass is 312 g/mol. The summed E-state index contributed by atoms with van der Waals surface area (Å²) in [6.45, 7) is 6.20. The summed E-state index contributed by atoms with van der Waals surface area (Å²) in [7, 11) is -3.62. The molecule has 1 amide bonds. The third kappa shape index (κ3) is 4.82. The predicted molar refractivity (Wildman–Crippen MR) is 83.6 cm³/mol. The van der Waals surface area contributed by atoms with Crippen LogP contribution in [-0.4, -0.2) is 38.3 Å². The second-order valence-corrected chi connectivity index (χ2v) is 6.72. The van der Waals surface area contributed by atoms with Gasteiger partial charge in [-0.15, -0.1) is 0 Å². The molecule has 0 saturated carbocycles. The molecule has 1 N–H and O–H groups in total. The molecular weight excluding hydrogens is 288 g/mol. The Morgan fingerprint density at radius 3 is 2.24 bits per heavy atom. The quantitative estimate of drug-likeness (QED) is 0.796. The van der Waals surface area contributed by atoms with Gasteiger partial charge in [0.05, 0.1) is 11.4 Å². The molecule has 0 heterocycles. The van der Waals surface area contributed by atoms with Crippen molar-refractivity contribution in [3.05, 3.63) is 29.8 Å². The molecule has 0 aliphatic rings. The van der Waals surface area contributed by atoms with Gasteiger partial charge in [0.25, 0.3) is 0 Å². The minimum atomic E-state index is -3.62. The van der Waals surface area contributed by atoms with Gasteiger partial charge in [-0.05, 0) is 31.0 Å². The van der Waals surface area contributed by atoms with E-state index in [1.165, 1.54) is 4.31 Å². The molecular formula is C15H24N2O3S. The zero-order valence-electron chi connectivity index (χ0n) is 12.9. The zero-order valence-corrected chi connectivity index (χ0v) is 13.7. The SMILES string of the molecule is CCCc1ccc(S(=O)(=O)N(CC)CC(=O)NCC)cc1. The van der Waals surface area contributed by atoms with E-state index in [1.807, 2.05) is 12.1 Å². The van der Waals surface area contributed by atoms with E-state index >= 15 is 0 Å². The fourth-order valence-electron chi connectivity index (χ4n) is 2.05. The molecule has 0 spiro atoms. The van der Waals surface area contributed by atoms with Crippen LogP contribution in [0.3, 0.4) is 0 Å². The van der Waals surface area contributed by atoms with Gasteiger partial charge in [0.1, 0.15) is 0 Å². The van der Waals surface area contributed by atoms with Crippen molar-refractivity contribution in [1.29, 1.82) is 0 Å². The first-order chi connectivity index (χ1) is 9.95. The highest BCUT2D eigenvalue weighted by molar-refractivity contribution is 7.89. The summed E-state index contributed by atoms with van der Waals surface area (Å²) in [6, 6.07) is 6.88. The van der Waals surface area contributed by atoms with Gasteiger partial charge in [-0.1, -0.05) is 32.4 Å². The molecule has 0 bridgehead atoms. The molecule has 21 heavy (non-hydrogen) atoms. The molecule has 1 aromatic carbocycles. The Morgan fingerprint density at radius 2 is 1.76 bits per heavy atom. The van der Waals surface area contributed by atoms with E-state index < -0.39 is 10.0 Å². The maximum atomic E-state index is 12.5. The first-order valence-electron chi connectivity index (χ1n) is 7.31. The van der Waals surface area contributed by atoms with Crippen LogP contribution in [0, 0.1) is 0 Å². The molecule has 0 atom stereocenters. The van der Waals surface area contributed by atoms with E-state index in [2.05, 4.69) is 12.2 Å². The molecule has 0 radical (unpaired) electrons. The van der Waals surface area contributed by atoms with Gasteiger partial charge in [0, 0.05) is 13.1 Å². The van der Waals surface area contributed by atoms with Crippen LogP contribution < -0.4 is 5.32 Å². The van der Waals surface area contributed by atoms with Crippen molar-refractivity contribution in [1.82, 2.24) is 9.62 Å². The van der Waals surface area contributed by atoms with Crippen molar-refractivity contribution >= 4 is 15.9 Å². The van der Waals surface area contributed by atoms with E-state index in [1.54, 1.807) is 26.0 Å². The summed E-state index contributed by atoms with van der Waals surface area (Å²) in [5.41, 5.74) is 1.11. The fraction of sp³-hybridized carbons (Fsp3) is 0.533. The second kappa shape index (κ2) is 8.14. The third-order valence-corrected chi connectivity index (χ3v) is 5.08. The summed E-state index contributed by atoms with van der Waals surface area (Å²) in [6.07, 6.45) is 1.95. The van der Waals surface area contributed by atoms with Gasteiger partial charge >= 0.3 is 0 Å². The molecule has 0 aromatic heterocycles. The molecule has 118 valence electrons. The Hall–Kier alpha value is -1.40. The predicted octanol–water partition coefficient (Wildman–Crippen LogP) is 1.79. The number of sulfonamides is 1.